The second-order valence-corrected chi connectivity index (χ2v) is 4.12. The van der Waals surface area contributed by atoms with Crippen LogP contribution in [-0.4, -0.2) is 0 Å². The third kappa shape index (κ3) is 4.31. The molecule has 0 N–H and O–H groups in total. The van der Waals surface area contributed by atoms with Gasteiger partial charge in [-0.25, -0.2) is 0 Å². The zero-order chi connectivity index (χ0) is 13.3. The van der Waals surface area contributed by atoms with Crippen molar-refractivity contribution in [1.29, 1.82) is 0 Å². The van der Waals surface area contributed by atoms with Crippen molar-refractivity contribution in [1.82, 2.24) is 0 Å². The number of hydrogen-bond donors (Lipinski definition) is 0. The summed E-state index contributed by atoms with van der Waals surface area (Å²) in [4.78, 5) is 0. The molecule has 0 saturated heterocycles. The Hall–Kier alpha value is -2.56. The molecular weight excluding hydrogens is 228 g/mol. The van der Waals surface area contributed by atoms with Crippen LogP contribution in [0.15, 0.2) is 90.7 Å². The largest absolute Gasteiger partial charge is 0.121 e. The van der Waals surface area contributed by atoms with Gasteiger partial charge in [-0.1, -0.05) is 79.4 Å². The second-order valence-electron chi connectivity index (χ2n) is 4.12. The first-order valence-electron chi connectivity index (χ1n) is 6.25. The van der Waals surface area contributed by atoms with E-state index >= 15 is 0 Å². The quantitative estimate of drug-likeness (QED) is 0.517. The van der Waals surface area contributed by atoms with Gasteiger partial charge in [0.15, 0.2) is 0 Å². The third-order valence-electron chi connectivity index (χ3n) is 2.71. The van der Waals surface area contributed by atoms with Crippen molar-refractivity contribution >= 4 is 12.2 Å². The lowest BCUT2D eigenvalue weighted by molar-refractivity contribution is 1.64. The highest BCUT2D eigenvalue weighted by Crippen LogP contribution is 2.08. The normalized spacial score (nSPS) is 10.7. The van der Waals surface area contributed by atoms with E-state index in [1.165, 1.54) is 11.1 Å². The average Bonchev–Trinajstić information content (AvgIpc) is 2.49. The van der Waals surface area contributed by atoms with Crippen LogP contribution < -0.4 is 0 Å². The molecule has 0 saturated carbocycles. The maximum absolute atomic E-state index is 3.72. The molecule has 2 rings (SSSR count). The molecule has 0 bridgehead atoms. The molecule has 0 heterocycles. The average molecular weight is 244 g/mol. The molecule has 0 aliphatic carbocycles. The van der Waals surface area contributed by atoms with Crippen LogP contribution >= 0.6 is 0 Å². The number of benzene rings is 2. The standard InChI is InChI=1S/C19H16/c1-2-17(13-15-18-9-5-3-6-10-18)14-16-19-11-7-4-8-12-19/h3-16H,1H2/b15-13+,16-14+. The van der Waals surface area contributed by atoms with Crippen LogP contribution in [0.5, 0.6) is 0 Å². The van der Waals surface area contributed by atoms with Crippen LogP contribution in [-0.2, 0) is 0 Å². The van der Waals surface area contributed by atoms with E-state index in [-0.39, 0.29) is 0 Å². The molecular formula is C19H16. The Bertz CT molecular complexity index is 558. The molecule has 19 heavy (non-hydrogen) atoms. The third-order valence-corrected chi connectivity index (χ3v) is 2.71. The number of rotatable bonds is 4. The predicted molar refractivity (Wildman–Crippen MR) is 83.6 cm³/mol. The van der Waals surface area contributed by atoms with Gasteiger partial charge in [0, 0.05) is 5.57 Å². The van der Waals surface area contributed by atoms with Crippen molar-refractivity contribution in [3.63, 3.8) is 0 Å². The zero-order valence-electron chi connectivity index (χ0n) is 10.8. The van der Waals surface area contributed by atoms with E-state index in [9.17, 15) is 0 Å². The molecule has 0 radical (unpaired) electrons. The minimum absolute atomic E-state index is 0.965. The Morgan fingerprint density at radius 2 is 1.16 bits per heavy atom. The SMILES string of the molecule is C=C=C(/C=C/c1ccccc1)/C=C/c1ccccc1. The summed E-state index contributed by atoms with van der Waals surface area (Å²) < 4.78 is 0. The highest BCUT2D eigenvalue weighted by molar-refractivity contribution is 5.59. The molecule has 0 aromatic heterocycles. The summed E-state index contributed by atoms with van der Waals surface area (Å²) in [5, 5.41) is 0. The van der Waals surface area contributed by atoms with Crippen LogP contribution in [0.25, 0.3) is 12.2 Å². The predicted octanol–water partition coefficient (Wildman–Crippen LogP) is 5.12. The summed E-state index contributed by atoms with van der Waals surface area (Å²) in [6.07, 6.45) is 8.15. The van der Waals surface area contributed by atoms with Gasteiger partial charge >= 0.3 is 0 Å². The first-order chi connectivity index (χ1) is 9.38. The molecule has 0 fully saturated rings. The lowest BCUT2D eigenvalue weighted by atomic mass is 10.1. The Kier molecular flexibility index (Phi) is 4.75. The molecule has 0 aliphatic heterocycles. The van der Waals surface area contributed by atoms with E-state index < -0.39 is 0 Å². The van der Waals surface area contributed by atoms with Crippen molar-refractivity contribution in [2.75, 3.05) is 0 Å². The lowest BCUT2D eigenvalue weighted by Crippen LogP contribution is -1.73. The maximum atomic E-state index is 3.72. The molecule has 2 aromatic carbocycles. The number of hydrogen-bond acceptors (Lipinski definition) is 0. The van der Waals surface area contributed by atoms with Crippen molar-refractivity contribution in [2.45, 2.75) is 0 Å². The molecule has 0 spiro atoms. The Labute approximate surface area is 114 Å². The molecule has 0 unspecified atom stereocenters. The highest BCUT2D eigenvalue weighted by Gasteiger charge is 1.87. The minimum Gasteiger partial charge on any atom is -0.121 e. The lowest BCUT2D eigenvalue weighted by Gasteiger charge is -1.93. The van der Waals surface area contributed by atoms with Crippen LogP contribution in [0.1, 0.15) is 11.1 Å². The fraction of sp³-hybridized carbons (Fsp3) is 0. The first kappa shape index (κ1) is 12.9. The fourth-order valence-corrected chi connectivity index (χ4v) is 1.67. The van der Waals surface area contributed by atoms with Gasteiger partial charge in [-0.2, -0.15) is 0 Å². The Morgan fingerprint density at radius 3 is 1.53 bits per heavy atom. The van der Waals surface area contributed by atoms with E-state index in [0.717, 1.165) is 5.57 Å². The molecule has 2 aromatic rings. The zero-order valence-corrected chi connectivity index (χ0v) is 10.8. The van der Waals surface area contributed by atoms with Crippen molar-refractivity contribution in [3.05, 3.63) is 102 Å². The molecule has 0 heteroatoms. The minimum atomic E-state index is 0.965. The highest BCUT2D eigenvalue weighted by atomic mass is 13.9. The maximum Gasteiger partial charge on any atom is 0.0158 e. The summed E-state index contributed by atoms with van der Waals surface area (Å²) >= 11 is 0. The fourth-order valence-electron chi connectivity index (χ4n) is 1.67. The van der Waals surface area contributed by atoms with Crippen molar-refractivity contribution in [2.24, 2.45) is 0 Å². The van der Waals surface area contributed by atoms with Gasteiger partial charge in [-0.3, -0.25) is 0 Å². The monoisotopic (exact) mass is 244 g/mol. The van der Waals surface area contributed by atoms with E-state index in [1.54, 1.807) is 0 Å². The van der Waals surface area contributed by atoms with E-state index in [0.29, 0.717) is 0 Å². The van der Waals surface area contributed by atoms with Crippen molar-refractivity contribution in [3.8, 4) is 0 Å². The van der Waals surface area contributed by atoms with Crippen LogP contribution in [0.2, 0.25) is 0 Å². The van der Waals surface area contributed by atoms with E-state index in [2.05, 4.69) is 48.7 Å². The van der Waals surface area contributed by atoms with Crippen LogP contribution in [0.3, 0.4) is 0 Å². The van der Waals surface area contributed by atoms with E-state index in [1.807, 2.05) is 48.6 Å². The molecule has 92 valence electrons. The Balaban J connectivity index is 2.08. The first-order valence-corrected chi connectivity index (χ1v) is 6.25. The van der Waals surface area contributed by atoms with Gasteiger partial charge in [-0.15, -0.1) is 5.73 Å². The smallest absolute Gasteiger partial charge is 0.0158 e. The van der Waals surface area contributed by atoms with Crippen LogP contribution in [0.4, 0.5) is 0 Å². The summed E-state index contributed by atoms with van der Waals surface area (Å²) in [5.74, 6) is 0. The molecule has 0 amide bonds. The summed E-state index contributed by atoms with van der Waals surface area (Å²) in [5.41, 5.74) is 6.24. The van der Waals surface area contributed by atoms with Crippen molar-refractivity contribution < 1.29 is 0 Å². The van der Waals surface area contributed by atoms with E-state index in [4.69, 9.17) is 0 Å². The second kappa shape index (κ2) is 7.00. The Morgan fingerprint density at radius 1 is 0.737 bits per heavy atom. The van der Waals surface area contributed by atoms with Gasteiger partial charge in [0.1, 0.15) is 0 Å². The van der Waals surface area contributed by atoms with Gasteiger partial charge in [0.2, 0.25) is 0 Å². The summed E-state index contributed by atoms with van der Waals surface area (Å²) in [7, 11) is 0. The summed E-state index contributed by atoms with van der Waals surface area (Å²) in [6, 6.07) is 20.4. The van der Waals surface area contributed by atoms with Crippen LogP contribution in [0, 0.1) is 0 Å². The van der Waals surface area contributed by atoms with Gasteiger partial charge in [0.05, 0.1) is 0 Å². The van der Waals surface area contributed by atoms with Gasteiger partial charge < -0.3 is 0 Å². The molecule has 0 aliphatic rings. The van der Waals surface area contributed by atoms with Gasteiger partial charge in [0.25, 0.3) is 0 Å². The summed E-state index contributed by atoms with van der Waals surface area (Å²) in [6.45, 7) is 3.72. The molecule has 0 atom stereocenters. The van der Waals surface area contributed by atoms with Gasteiger partial charge in [-0.05, 0) is 23.3 Å². The number of allylic oxidation sites excluding steroid dienone is 3. The molecule has 0 nitrogen and oxygen atoms in total. The topological polar surface area (TPSA) is 0 Å².